The zero-order chi connectivity index (χ0) is 17.1. The average Bonchev–Trinajstić information content (AvgIpc) is 2.62. The van der Waals surface area contributed by atoms with E-state index in [1.165, 1.54) is 12.5 Å². The van der Waals surface area contributed by atoms with Crippen molar-refractivity contribution in [3.8, 4) is 22.4 Å². The number of rotatable bonds is 4. The van der Waals surface area contributed by atoms with E-state index in [1.807, 2.05) is 24.3 Å². The van der Waals surface area contributed by atoms with E-state index in [-0.39, 0.29) is 10.7 Å². The standard InChI is InChI=1S/C17H13N3O3S/c1-24(23)17-19-15(10-18-20-17)14-5-3-2-4-13(14)11-6-8-12(9-7-11)16(21)22/h2-10H,1H3,(H,21,22). The maximum atomic E-state index is 11.6. The Morgan fingerprint density at radius 3 is 2.33 bits per heavy atom. The number of hydrogen-bond acceptors (Lipinski definition) is 5. The first-order chi connectivity index (χ1) is 11.6. The highest BCUT2D eigenvalue weighted by molar-refractivity contribution is 7.84. The Bertz CT molecular complexity index is 926. The van der Waals surface area contributed by atoms with Crippen molar-refractivity contribution in [2.75, 3.05) is 6.26 Å². The van der Waals surface area contributed by atoms with Gasteiger partial charge in [0.2, 0.25) is 5.16 Å². The summed E-state index contributed by atoms with van der Waals surface area (Å²) < 4.78 is 11.6. The lowest BCUT2D eigenvalue weighted by molar-refractivity contribution is 0.0697. The Balaban J connectivity index is 2.10. The van der Waals surface area contributed by atoms with Crippen LogP contribution in [0.4, 0.5) is 0 Å². The highest BCUT2D eigenvalue weighted by Crippen LogP contribution is 2.30. The molecule has 7 heteroatoms. The fourth-order valence-electron chi connectivity index (χ4n) is 2.29. The van der Waals surface area contributed by atoms with E-state index >= 15 is 0 Å². The molecule has 0 aliphatic heterocycles. The summed E-state index contributed by atoms with van der Waals surface area (Å²) in [5, 5.41) is 16.8. The van der Waals surface area contributed by atoms with Gasteiger partial charge in [0.1, 0.15) is 0 Å². The Hall–Kier alpha value is -2.93. The molecule has 0 saturated heterocycles. The summed E-state index contributed by atoms with van der Waals surface area (Å²) in [6.07, 6.45) is 3.01. The first-order valence-electron chi connectivity index (χ1n) is 7.02. The third-order valence-electron chi connectivity index (χ3n) is 3.44. The highest BCUT2D eigenvalue weighted by atomic mass is 32.2. The summed E-state index contributed by atoms with van der Waals surface area (Å²) in [6.45, 7) is 0. The highest BCUT2D eigenvalue weighted by Gasteiger charge is 2.12. The van der Waals surface area contributed by atoms with E-state index in [0.717, 1.165) is 16.7 Å². The minimum Gasteiger partial charge on any atom is -0.478 e. The van der Waals surface area contributed by atoms with Gasteiger partial charge < -0.3 is 5.11 Å². The van der Waals surface area contributed by atoms with Crippen molar-refractivity contribution in [2.24, 2.45) is 0 Å². The van der Waals surface area contributed by atoms with Gasteiger partial charge in [-0.25, -0.2) is 9.78 Å². The lowest BCUT2D eigenvalue weighted by atomic mass is 9.97. The van der Waals surface area contributed by atoms with Crippen molar-refractivity contribution in [1.82, 2.24) is 15.2 Å². The number of hydrogen-bond donors (Lipinski definition) is 1. The monoisotopic (exact) mass is 339 g/mol. The molecule has 24 heavy (non-hydrogen) atoms. The maximum absolute atomic E-state index is 11.6. The molecule has 2 aromatic carbocycles. The average molecular weight is 339 g/mol. The lowest BCUT2D eigenvalue weighted by Gasteiger charge is -2.09. The molecule has 3 aromatic rings. The summed E-state index contributed by atoms with van der Waals surface area (Å²) in [7, 11) is -1.32. The number of carboxylic acids is 1. The molecule has 3 rings (SSSR count). The Morgan fingerprint density at radius 2 is 1.71 bits per heavy atom. The quantitative estimate of drug-likeness (QED) is 0.785. The number of aromatic carboxylic acids is 1. The van der Waals surface area contributed by atoms with Gasteiger partial charge in [0.25, 0.3) is 0 Å². The molecule has 1 heterocycles. The van der Waals surface area contributed by atoms with Crippen LogP contribution in [-0.4, -0.2) is 36.7 Å². The van der Waals surface area contributed by atoms with Gasteiger partial charge >= 0.3 is 5.97 Å². The number of aromatic nitrogens is 3. The predicted octanol–water partition coefficient (Wildman–Crippen LogP) is 2.64. The lowest BCUT2D eigenvalue weighted by Crippen LogP contribution is -2.01. The number of benzene rings is 2. The molecule has 120 valence electrons. The summed E-state index contributed by atoms with van der Waals surface area (Å²) in [5.74, 6) is -0.968. The molecule has 0 aliphatic carbocycles. The van der Waals surface area contributed by atoms with Crippen molar-refractivity contribution in [2.45, 2.75) is 5.16 Å². The zero-order valence-corrected chi connectivity index (χ0v) is 13.5. The van der Waals surface area contributed by atoms with Crippen LogP contribution < -0.4 is 0 Å². The molecule has 1 unspecified atom stereocenters. The van der Waals surface area contributed by atoms with Crippen LogP contribution in [0.15, 0.2) is 59.9 Å². The molecule has 6 nitrogen and oxygen atoms in total. The van der Waals surface area contributed by atoms with Gasteiger partial charge in [-0.05, 0) is 23.3 Å². The molecular formula is C17H13N3O3S. The first kappa shape index (κ1) is 15.9. The third-order valence-corrected chi connectivity index (χ3v) is 4.13. The molecule has 0 aliphatic rings. The van der Waals surface area contributed by atoms with E-state index in [0.29, 0.717) is 5.69 Å². The molecule has 0 spiro atoms. The first-order valence-corrected chi connectivity index (χ1v) is 8.58. The van der Waals surface area contributed by atoms with Crippen molar-refractivity contribution in [3.63, 3.8) is 0 Å². The van der Waals surface area contributed by atoms with Crippen LogP contribution in [0.3, 0.4) is 0 Å². The normalized spacial score (nSPS) is 11.9. The minimum atomic E-state index is -1.32. The summed E-state index contributed by atoms with van der Waals surface area (Å²) in [5.41, 5.74) is 3.33. The summed E-state index contributed by atoms with van der Waals surface area (Å²) in [6, 6.07) is 14.2. The van der Waals surface area contributed by atoms with Gasteiger partial charge in [0.15, 0.2) is 0 Å². The van der Waals surface area contributed by atoms with Gasteiger partial charge in [0.05, 0.1) is 28.3 Å². The summed E-state index contributed by atoms with van der Waals surface area (Å²) >= 11 is 0. The molecule has 0 fully saturated rings. The van der Waals surface area contributed by atoms with Crippen LogP contribution >= 0.6 is 0 Å². The molecular weight excluding hydrogens is 326 g/mol. The van der Waals surface area contributed by atoms with Gasteiger partial charge in [-0.2, -0.15) is 5.10 Å². The van der Waals surface area contributed by atoms with Crippen molar-refractivity contribution < 1.29 is 14.1 Å². The molecule has 1 atom stereocenters. The topological polar surface area (TPSA) is 93.0 Å². The second-order valence-electron chi connectivity index (χ2n) is 5.01. The summed E-state index contributed by atoms with van der Waals surface area (Å²) in [4.78, 5) is 15.3. The van der Waals surface area contributed by atoms with Crippen LogP contribution in [0.25, 0.3) is 22.4 Å². The van der Waals surface area contributed by atoms with Crippen LogP contribution in [0.1, 0.15) is 10.4 Å². The maximum Gasteiger partial charge on any atom is 0.335 e. The van der Waals surface area contributed by atoms with Crippen molar-refractivity contribution in [1.29, 1.82) is 0 Å². The van der Waals surface area contributed by atoms with Gasteiger partial charge in [-0.15, -0.1) is 5.10 Å². The van der Waals surface area contributed by atoms with E-state index in [4.69, 9.17) is 5.11 Å². The largest absolute Gasteiger partial charge is 0.478 e. The minimum absolute atomic E-state index is 0.170. The fraction of sp³-hybridized carbons (Fsp3) is 0.0588. The van der Waals surface area contributed by atoms with Crippen molar-refractivity contribution in [3.05, 3.63) is 60.3 Å². The molecule has 1 N–H and O–H groups in total. The second-order valence-corrected chi connectivity index (χ2v) is 6.28. The number of nitrogens with zero attached hydrogens (tertiary/aromatic N) is 3. The smallest absolute Gasteiger partial charge is 0.335 e. The van der Waals surface area contributed by atoms with Gasteiger partial charge in [0, 0.05) is 11.8 Å². The van der Waals surface area contributed by atoms with E-state index in [9.17, 15) is 9.00 Å². The third kappa shape index (κ3) is 3.21. The fourth-order valence-corrected chi connectivity index (χ4v) is 2.68. The van der Waals surface area contributed by atoms with Crippen LogP contribution in [-0.2, 0) is 10.8 Å². The van der Waals surface area contributed by atoms with Gasteiger partial charge in [-0.3, -0.25) is 4.21 Å². The Labute approximate surface area is 140 Å². The Morgan fingerprint density at radius 1 is 1.04 bits per heavy atom. The van der Waals surface area contributed by atoms with Crippen LogP contribution in [0.5, 0.6) is 0 Å². The second kappa shape index (κ2) is 6.67. The number of carboxylic acid groups (broad SMARTS) is 1. The molecule has 1 aromatic heterocycles. The number of carbonyl (C=O) groups is 1. The SMILES string of the molecule is CS(=O)c1nncc(-c2ccccc2-c2ccc(C(=O)O)cc2)n1. The molecule has 0 radical (unpaired) electrons. The molecule has 0 saturated carbocycles. The van der Waals surface area contributed by atoms with Crippen molar-refractivity contribution >= 4 is 16.8 Å². The van der Waals surface area contributed by atoms with E-state index < -0.39 is 16.8 Å². The molecule has 0 bridgehead atoms. The Kier molecular flexibility index (Phi) is 4.43. The predicted molar refractivity (Wildman–Crippen MR) is 90.0 cm³/mol. The van der Waals surface area contributed by atoms with Gasteiger partial charge in [-0.1, -0.05) is 36.4 Å². The van der Waals surface area contributed by atoms with E-state index in [2.05, 4.69) is 15.2 Å². The van der Waals surface area contributed by atoms with E-state index in [1.54, 1.807) is 24.3 Å². The zero-order valence-electron chi connectivity index (χ0n) is 12.7. The van der Waals surface area contributed by atoms with Crippen LogP contribution in [0.2, 0.25) is 0 Å². The molecule has 0 amide bonds. The van der Waals surface area contributed by atoms with Crippen LogP contribution in [0, 0.1) is 0 Å².